The second-order valence-electron chi connectivity index (χ2n) is 5.33. The van der Waals surface area contributed by atoms with Crippen LogP contribution in [0.4, 0.5) is 5.69 Å². The summed E-state index contributed by atoms with van der Waals surface area (Å²) in [5, 5.41) is 0. The molecule has 0 saturated heterocycles. The SMILES string of the molecule is CC(C)CN(CCCN)c1ccnc2cc(Br)cnc12. The average molecular weight is 337 g/mol. The number of nitrogens with zero attached hydrogens (tertiary/aromatic N) is 3. The Labute approximate surface area is 128 Å². The molecule has 2 aromatic heterocycles. The van der Waals surface area contributed by atoms with Crippen LogP contribution in [-0.2, 0) is 0 Å². The Bertz CT molecular complexity index is 571. The third-order valence-corrected chi connectivity index (χ3v) is 3.51. The molecule has 0 atom stereocenters. The van der Waals surface area contributed by atoms with Crippen LogP contribution in [0.15, 0.2) is 29.0 Å². The molecule has 0 bridgehead atoms. The van der Waals surface area contributed by atoms with Crippen molar-refractivity contribution in [2.24, 2.45) is 11.7 Å². The molecule has 4 nitrogen and oxygen atoms in total. The van der Waals surface area contributed by atoms with Crippen molar-refractivity contribution in [2.75, 3.05) is 24.5 Å². The van der Waals surface area contributed by atoms with Crippen molar-refractivity contribution in [2.45, 2.75) is 20.3 Å². The van der Waals surface area contributed by atoms with Crippen LogP contribution in [-0.4, -0.2) is 29.6 Å². The molecule has 20 heavy (non-hydrogen) atoms. The van der Waals surface area contributed by atoms with Gasteiger partial charge in [0, 0.05) is 30.0 Å². The number of hydrogen-bond acceptors (Lipinski definition) is 4. The topological polar surface area (TPSA) is 55.0 Å². The number of pyridine rings is 2. The van der Waals surface area contributed by atoms with Crippen molar-refractivity contribution in [1.82, 2.24) is 9.97 Å². The number of rotatable bonds is 6. The molecular weight excluding hydrogens is 316 g/mol. The van der Waals surface area contributed by atoms with Gasteiger partial charge in [-0.3, -0.25) is 9.97 Å². The van der Waals surface area contributed by atoms with Crippen molar-refractivity contribution in [3.8, 4) is 0 Å². The summed E-state index contributed by atoms with van der Waals surface area (Å²) in [6.07, 6.45) is 4.65. The van der Waals surface area contributed by atoms with E-state index in [-0.39, 0.29) is 0 Å². The van der Waals surface area contributed by atoms with Gasteiger partial charge in [0.05, 0.1) is 11.2 Å². The summed E-state index contributed by atoms with van der Waals surface area (Å²) >= 11 is 3.44. The lowest BCUT2D eigenvalue weighted by Gasteiger charge is -2.27. The molecule has 0 aliphatic rings. The van der Waals surface area contributed by atoms with Gasteiger partial charge < -0.3 is 10.6 Å². The summed E-state index contributed by atoms with van der Waals surface area (Å²) in [7, 11) is 0. The number of halogens is 1. The van der Waals surface area contributed by atoms with Crippen LogP contribution in [0.1, 0.15) is 20.3 Å². The van der Waals surface area contributed by atoms with Crippen molar-refractivity contribution < 1.29 is 0 Å². The monoisotopic (exact) mass is 336 g/mol. The highest BCUT2D eigenvalue weighted by atomic mass is 79.9. The fraction of sp³-hybridized carbons (Fsp3) is 0.467. The van der Waals surface area contributed by atoms with Crippen molar-refractivity contribution in [3.63, 3.8) is 0 Å². The first-order chi connectivity index (χ1) is 9.61. The van der Waals surface area contributed by atoms with Gasteiger partial charge in [0.1, 0.15) is 5.52 Å². The Morgan fingerprint density at radius 2 is 2.15 bits per heavy atom. The summed E-state index contributed by atoms with van der Waals surface area (Å²) in [4.78, 5) is 11.3. The third kappa shape index (κ3) is 3.67. The first kappa shape index (κ1) is 15.2. The van der Waals surface area contributed by atoms with Crippen LogP contribution in [0.25, 0.3) is 11.0 Å². The van der Waals surface area contributed by atoms with E-state index in [4.69, 9.17) is 5.73 Å². The number of aromatic nitrogens is 2. The molecule has 108 valence electrons. The second-order valence-corrected chi connectivity index (χ2v) is 6.25. The Morgan fingerprint density at radius 1 is 1.35 bits per heavy atom. The molecule has 0 aliphatic heterocycles. The van der Waals surface area contributed by atoms with Crippen LogP contribution in [0.3, 0.4) is 0 Å². The molecule has 2 heterocycles. The zero-order valence-electron chi connectivity index (χ0n) is 12.0. The van der Waals surface area contributed by atoms with Gasteiger partial charge in [-0.2, -0.15) is 0 Å². The van der Waals surface area contributed by atoms with E-state index in [1.165, 1.54) is 0 Å². The van der Waals surface area contributed by atoms with Gasteiger partial charge >= 0.3 is 0 Å². The van der Waals surface area contributed by atoms with Gasteiger partial charge in [0.15, 0.2) is 0 Å². The van der Waals surface area contributed by atoms with Gasteiger partial charge in [0.2, 0.25) is 0 Å². The van der Waals surface area contributed by atoms with Gasteiger partial charge in [-0.1, -0.05) is 13.8 Å². The largest absolute Gasteiger partial charge is 0.369 e. The molecule has 0 radical (unpaired) electrons. The number of fused-ring (bicyclic) bond motifs is 1. The minimum Gasteiger partial charge on any atom is -0.369 e. The van der Waals surface area contributed by atoms with Gasteiger partial charge in [-0.05, 0) is 46.9 Å². The lowest BCUT2D eigenvalue weighted by atomic mass is 10.1. The zero-order valence-corrected chi connectivity index (χ0v) is 13.6. The van der Waals surface area contributed by atoms with Gasteiger partial charge in [-0.15, -0.1) is 0 Å². The van der Waals surface area contributed by atoms with Crippen LogP contribution >= 0.6 is 15.9 Å². The van der Waals surface area contributed by atoms with Gasteiger partial charge in [-0.25, -0.2) is 0 Å². The number of nitrogens with two attached hydrogens (primary N) is 1. The standard InChI is InChI=1S/C15H21BrN4/c1-11(2)10-20(7-3-5-17)14-4-6-18-13-8-12(16)9-19-15(13)14/h4,6,8-9,11H,3,5,7,10,17H2,1-2H3. The molecule has 0 unspecified atom stereocenters. The third-order valence-electron chi connectivity index (χ3n) is 3.08. The van der Waals surface area contributed by atoms with Gasteiger partial charge in [0.25, 0.3) is 0 Å². The average Bonchev–Trinajstić information content (AvgIpc) is 2.42. The van der Waals surface area contributed by atoms with E-state index >= 15 is 0 Å². The van der Waals surface area contributed by atoms with E-state index in [1.807, 2.05) is 24.5 Å². The summed E-state index contributed by atoms with van der Waals surface area (Å²) in [6.45, 7) is 7.10. The van der Waals surface area contributed by atoms with Crippen LogP contribution in [0.5, 0.6) is 0 Å². The van der Waals surface area contributed by atoms with E-state index in [0.717, 1.165) is 40.7 Å². The quantitative estimate of drug-likeness (QED) is 0.879. The van der Waals surface area contributed by atoms with Crippen LogP contribution in [0, 0.1) is 5.92 Å². The van der Waals surface area contributed by atoms with E-state index in [1.54, 1.807) is 0 Å². The zero-order chi connectivity index (χ0) is 14.5. The molecule has 0 saturated carbocycles. The molecule has 0 amide bonds. The molecule has 2 rings (SSSR count). The molecule has 0 spiro atoms. The Kier molecular flexibility index (Phi) is 5.31. The van der Waals surface area contributed by atoms with E-state index in [9.17, 15) is 0 Å². The Balaban J connectivity index is 2.41. The molecule has 2 N–H and O–H groups in total. The predicted octanol–water partition coefficient (Wildman–Crippen LogP) is 3.20. The van der Waals surface area contributed by atoms with E-state index in [0.29, 0.717) is 12.5 Å². The highest BCUT2D eigenvalue weighted by Gasteiger charge is 2.13. The Morgan fingerprint density at radius 3 is 2.85 bits per heavy atom. The fourth-order valence-electron chi connectivity index (χ4n) is 2.28. The summed E-state index contributed by atoms with van der Waals surface area (Å²) < 4.78 is 0.951. The molecule has 2 aromatic rings. The lowest BCUT2D eigenvalue weighted by molar-refractivity contribution is 0.601. The molecule has 0 aromatic carbocycles. The predicted molar refractivity (Wildman–Crippen MR) is 88.0 cm³/mol. The van der Waals surface area contributed by atoms with E-state index < -0.39 is 0 Å². The van der Waals surface area contributed by atoms with Crippen molar-refractivity contribution in [1.29, 1.82) is 0 Å². The maximum Gasteiger partial charge on any atom is 0.112 e. The van der Waals surface area contributed by atoms with Crippen molar-refractivity contribution >= 4 is 32.7 Å². The molecule has 0 aliphatic carbocycles. The molecule has 5 heteroatoms. The first-order valence-electron chi connectivity index (χ1n) is 6.97. The smallest absolute Gasteiger partial charge is 0.112 e. The van der Waals surface area contributed by atoms with Crippen LogP contribution in [0.2, 0.25) is 0 Å². The lowest BCUT2D eigenvalue weighted by Crippen LogP contribution is -2.30. The summed E-state index contributed by atoms with van der Waals surface area (Å²) in [5.74, 6) is 0.589. The molecular formula is C15H21BrN4. The number of hydrogen-bond donors (Lipinski definition) is 1. The first-order valence-corrected chi connectivity index (χ1v) is 7.76. The highest BCUT2D eigenvalue weighted by Crippen LogP contribution is 2.26. The minimum absolute atomic E-state index is 0.589. The summed E-state index contributed by atoms with van der Waals surface area (Å²) in [6, 6.07) is 4.05. The normalized spacial score (nSPS) is 11.2. The fourth-order valence-corrected chi connectivity index (χ4v) is 2.60. The van der Waals surface area contributed by atoms with Crippen LogP contribution < -0.4 is 10.6 Å². The highest BCUT2D eigenvalue weighted by molar-refractivity contribution is 9.10. The minimum atomic E-state index is 0.589. The Hall–Kier alpha value is -1.20. The second kappa shape index (κ2) is 6.99. The van der Waals surface area contributed by atoms with Crippen molar-refractivity contribution in [3.05, 3.63) is 29.0 Å². The number of anilines is 1. The molecule has 0 fully saturated rings. The van der Waals surface area contributed by atoms with E-state index in [2.05, 4.69) is 44.6 Å². The summed E-state index contributed by atoms with van der Waals surface area (Å²) in [5.41, 5.74) is 8.67. The maximum absolute atomic E-state index is 5.66. The maximum atomic E-state index is 5.66.